The number of carbonyl (C=O) groups excluding carboxylic acids is 3. The van der Waals surface area contributed by atoms with Crippen molar-refractivity contribution in [1.29, 1.82) is 0 Å². The van der Waals surface area contributed by atoms with Crippen LogP contribution < -0.4 is 5.32 Å². The molecule has 1 atom stereocenters. The first-order chi connectivity index (χ1) is 18.7. The topological polar surface area (TPSA) is 104 Å². The van der Waals surface area contributed by atoms with E-state index in [1.807, 2.05) is 37.3 Å². The molecule has 0 bridgehead atoms. The van der Waals surface area contributed by atoms with Gasteiger partial charge in [0.25, 0.3) is 15.9 Å². The summed E-state index contributed by atoms with van der Waals surface area (Å²) in [5.74, 6) is -1.80. The molecule has 1 aliphatic heterocycles. The summed E-state index contributed by atoms with van der Waals surface area (Å²) in [5.41, 5.74) is 1.51. The lowest BCUT2D eigenvalue weighted by Gasteiger charge is -2.32. The highest BCUT2D eigenvalue weighted by Crippen LogP contribution is 2.30. The molecule has 1 aliphatic rings. The van der Waals surface area contributed by atoms with Crippen LogP contribution in [0.3, 0.4) is 0 Å². The highest BCUT2D eigenvalue weighted by Gasteiger charge is 2.43. The molecule has 39 heavy (non-hydrogen) atoms. The van der Waals surface area contributed by atoms with E-state index in [2.05, 4.69) is 5.32 Å². The van der Waals surface area contributed by atoms with Crippen LogP contribution in [0.1, 0.15) is 41.3 Å². The largest absolute Gasteiger partial charge is 0.354 e. The molecule has 0 aromatic heterocycles. The van der Waals surface area contributed by atoms with Gasteiger partial charge in [0.05, 0.1) is 5.56 Å². The highest BCUT2D eigenvalue weighted by molar-refractivity contribution is 7.90. The van der Waals surface area contributed by atoms with Crippen LogP contribution in [0.2, 0.25) is 5.02 Å². The Morgan fingerprint density at radius 1 is 0.974 bits per heavy atom. The highest BCUT2D eigenvalue weighted by atomic mass is 35.5. The van der Waals surface area contributed by atoms with Gasteiger partial charge in [-0.2, -0.15) is 0 Å². The minimum Gasteiger partial charge on any atom is -0.354 e. The number of hydrogen-bond acceptors (Lipinski definition) is 5. The molecule has 1 heterocycles. The van der Waals surface area contributed by atoms with E-state index in [1.165, 1.54) is 23.1 Å². The monoisotopic (exact) mass is 567 g/mol. The molecule has 3 aromatic carbocycles. The third-order valence-corrected chi connectivity index (χ3v) is 8.56. The molecular weight excluding hydrogens is 538 g/mol. The van der Waals surface area contributed by atoms with Crippen molar-refractivity contribution in [2.24, 2.45) is 0 Å². The fraction of sp³-hybridized carbons (Fsp3) is 0.276. The third-order valence-electron chi connectivity index (χ3n) is 6.53. The van der Waals surface area contributed by atoms with Gasteiger partial charge in [0.1, 0.15) is 17.5 Å². The molecule has 0 saturated heterocycles. The van der Waals surface area contributed by atoms with Gasteiger partial charge in [-0.25, -0.2) is 12.7 Å². The van der Waals surface area contributed by atoms with Crippen molar-refractivity contribution in [3.63, 3.8) is 0 Å². The molecule has 0 fully saturated rings. The summed E-state index contributed by atoms with van der Waals surface area (Å²) in [6.07, 6.45) is 1.85. The first-order valence-corrected chi connectivity index (χ1v) is 14.6. The summed E-state index contributed by atoms with van der Waals surface area (Å²) in [5, 5.41) is 3.37. The second-order valence-electron chi connectivity index (χ2n) is 9.31. The van der Waals surface area contributed by atoms with Gasteiger partial charge in [-0.1, -0.05) is 79.5 Å². The maximum absolute atomic E-state index is 13.9. The zero-order valence-electron chi connectivity index (χ0n) is 21.5. The number of carbonyl (C=O) groups is 3. The second-order valence-corrected chi connectivity index (χ2v) is 11.6. The molecule has 204 valence electrons. The van der Waals surface area contributed by atoms with Crippen LogP contribution in [0.4, 0.5) is 0 Å². The van der Waals surface area contributed by atoms with E-state index >= 15 is 0 Å². The van der Waals surface area contributed by atoms with E-state index in [9.17, 15) is 22.8 Å². The average Bonchev–Trinajstić information content (AvgIpc) is 3.12. The maximum atomic E-state index is 13.9. The van der Waals surface area contributed by atoms with Gasteiger partial charge in [-0.3, -0.25) is 14.4 Å². The lowest BCUT2D eigenvalue weighted by Crippen LogP contribution is -2.53. The Balaban J connectivity index is 1.70. The van der Waals surface area contributed by atoms with Crippen molar-refractivity contribution in [1.82, 2.24) is 14.5 Å². The molecule has 4 rings (SSSR count). The number of unbranched alkanes of at least 4 members (excludes halogenated alkanes) is 1. The summed E-state index contributed by atoms with van der Waals surface area (Å²) in [6, 6.07) is 21.1. The van der Waals surface area contributed by atoms with Crippen molar-refractivity contribution >= 4 is 39.3 Å². The number of rotatable bonds is 11. The molecule has 0 spiro atoms. The molecule has 0 aliphatic carbocycles. The summed E-state index contributed by atoms with van der Waals surface area (Å²) in [4.78, 5) is 41.6. The van der Waals surface area contributed by atoms with E-state index in [1.54, 1.807) is 30.3 Å². The van der Waals surface area contributed by atoms with Crippen molar-refractivity contribution in [2.75, 3.05) is 13.1 Å². The normalized spacial score (nSPS) is 14.5. The Morgan fingerprint density at radius 2 is 1.67 bits per heavy atom. The molecule has 1 N–H and O–H groups in total. The quantitative estimate of drug-likeness (QED) is 0.352. The zero-order chi connectivity index (χ0) is 28.0. The molecule has 10 heteroatoms. The number of halogens is 1. The van der Waals surface area contributed by atoms with E-state index < -0.39 is 34.4 Å². The molecule has 0 unspecified atom stereocenters. The minimum absolute atomic E-state index is 0.00683. The van der Waals surface area contributed by atoms with Crippen molar-refractivity contribution in [2.45, 2.75) is 43.7 Å². The molecule has 3 amide bonds. The van der Waals surface area contributed by atoms with Crippen molar-refractivity contribution < 1.29 is 22.8 Å². The Morgan fingerprint density at radius 3 is 2.36 bits per heavy atom. The SMILES string of the molecule is CCCCNC(=O)[C@@H](Cc1ccccc1)N(Cc1cccc(Cl)c1)C(=O)CN1C(=O)c2ccccc2S1(=O)=O. The van der Waals surface area contributed by atoms with Crippen LogP contribution in [0.15, 0.2) is 83.8 Å². The van der Waals surface area contributed by atoms with Gasteiger partial charge in [-0.05, 0) is 41.8 Å². The third kappa shape index (κ3) is 6.49. The summed E-state index contributed by atoms with van der Waals surface area (Å²) in [7, 11) is -4.21. The Bertz CT molecular complexity index is 1460. The number of hydrogen-bond donors (Lipinski definition) is 1. The fourth-order valence-corrected chi connectivity index (χ4v) is 6.22. The fourth-order valence-electron chi connectivity index (χ4n) is 4.49. The zero-order valence-corrected chi connectivity index (χ0v) is 23.1. The van der Waals surface area contributed by atoms with Gasteiger partial charge in [0.15, 0.2) is 0 Å². The maximum Gasteiger partial charge on any atom is 0.269 e. The average molecular weight is 568 g/mol. The smallest absolute Gasteiger partial charge is 0.269 e. The van der Waals surface area contributed by atoms with Crippen LogP contribution in [0.5, 0.6) is 0 Å². The van der Waals surface area contributed by atoms with Crippen molar-refractivity contribution in [3.05, 3.63) is 101 Å². The Labute approximate surface area is 233 Å². The summed E-state index contributed by atoms with van der Waals surface area (Å²) in [6.45, 7) is 1.71. The van der Waals surface area contributed by atoms with Gasteiger partial charge in [-0.15, -0.1) is 0 Å². The van der Waals surface area contributed by atoms with Crippen LogP contribution in [0, 0.1) is 0 Å². The van der Waals surface area contributed by atoms with Crippen LogP contribution >= 0.6 is 11.6 Å². The Hall–Kier alpha value is -3.69. The summed E-state index contributed by atoms with van der Waals surface area (Å²) >= 11 is 6.19. The predicted octanol–water partition coefficient (Wildman–Crippen LogP) is 4.04. The first kappa shape index (κ1) is 28.3. The lowest BCUT2D eigenvalue weighted by atomic mass is 10.0. The van der Waals surface area contributed by atoms with Crippen LogP contribution in [0.25, 0.3) is 0 Å². The number of fused-ring (bicyclic) bond motifs is 1. The van der Waals surface area contributed by atoms with Gasteiger partial charge in [0, 0.05) is 24.5 Å². The van der Waals surface area contributed by atoms with Crippen molar-refractivity contribution in [3.8, 4) is 0 Å². The second kappa shape index (κ2) is 12.4. The first-order valence-electron chi connectivity index (χ1n) is 12.7. The van der Waals surface area contributed by atoms with Crippen LogP contribution in [-0.4, -0.2) is 54.5 Å². The molecular formula is C29H30ClN3O5S. The van der Waals surface area contributed by atoms with E-state index in [0.29, 0.717) is 21.4 Å². The lowest BCUT2D eigenvalue weighted by molar-refractivity contribution is -0.141. The predicted molar refractivity (Wildman–Crippen MR) is 149 cm³/mol. The van der Waals surface area contributed by atoms with E-state index in [4.69, 9.17) is 11.6 Å². The number of nitrogens with one attached hydrogen (secondary N) is 1. The van der Waals surface area contributed by atoms with Crippen LogP contribution in [-0.2, 0) is 32.6 Å². The minimum atomic E-state index is -4.21. The Kier molecular flexibility index (Phi) is 9.04. The molecule has 3 aromatic rings. The number of amides is 3. The van der Waals surface area contributed by atoms with Gasteiger partial charge in [0.2, 0.25) is 11.8 Å². The van der Waals surface area contributed by atoms with E-state index in [-0.39, 0.29) is 29.3 Å². The summed E-state index contributed by atoms with van der Waals surface area (Å²) < 4.78 is 26.9. The number of nitrogens with zero attached hydrogens (tertiary/aromatic N) is 2. The molecule has 0 radical (unpaired) electrons. The van der Waals surface area contributed by atoms with E-state index in [0.717, 1.165) is 18.4 Å². The molecule has 8 nitrogen and oxygen atoms in total. The number of sulfonamides is 1. The van der Waals surface area contributed by atoms with Gasteiger partial charge >= 0.3 is 0 Å². The standard InChI is InChI=1S/C29H30ClN3O5S/c1-2-3-16-31-28(35)25(18-21-10-5-4-6-11-21)32(19-22-12-9-13-23(30)17-22)27(34)20-33-29(36)24-14-7-8-15-26(24)39(33,37)38/h4-15,17,25H,2-3,16,18-20H2,1H3,(H,31,35)/t25-/m1/s1. The number of benzene rings is 3. The molecule has 0 saturated carbocycles. The van der Waals surface area contributed by atoms with Gasteiger partial charge < -0.3 is 10.2 Å².